The third-order valence-electron chi connectivity index (χ3n) is 11.3. The molecule has 0 radical (unpaired) electrons. The van der Waals surface area contributed by atoms with E-state index in [-0.39, 0.29) is 50.6 Å². The molecule has 0 aliphatic carbocycles. The second-order valence-electron chi connectivity index (χ2n) is 15.3. The molecule has 3 heterocycles. The maximum Gasteiger partial charge on any atom is 0.312 e. The number of carbonyl (C=O) groups is 4. The number of nitrogens with zero attached hydrogens (tertiary/aromatic N) is 1. The van der Waals surface area contributed by atoms with Crippen molar-refractivity contribution in [3.05, 3.63) is 53.3 Å². The monoisotopic (exact) mass is 810 g/mol. The summed E-state index contributed by atoms with van der Waals surface area (Å²) in [7, 11) is 1.44. The molecule has 9 atom stereocenters. The van der Waals surface area contributed by atoms with E-state index in [2.05, 4.69) is 5.32 Å². The van der Waals surface area contributed by atoms with E-state index in [1.165, 1.54) is 59.3 Å². The Hall–Kier alpha value is -5.12. The number of aromatic hydroxyl groups is 2. The number of Topliss-reactive ketones (excluding diaryl/α,β-unsaturated/α-hetero) is 1. The molecule has 0 aromatic heterocycles. The normalized spacial score (nSPS) is 30.1. The van der Waals surface area contributed by atoms with Crippen LogP contribution in [0.15, 0.2) is 42.2 Å². The molecule has 2 amide bonds. The second-order valence-corrected chi connectivity index (χ2v) is 15.3. The number of ether oxygens (including phenoxy) is 5. The van der Waals surface area contributed by atoms with E-state index in [1.54, 1.807) is 44.7 Å². The number of aliphatic hydroxyl groups is 2. The molecule has 0 saturated carbocycles. The number of aliphatic hydroxyl groups excluding tert-OH is 2. The van der Waals surface area contributed by atoms with E-state index < -0.39 is 89.6 Å². The molecule has 0 unspecified atom stereocenters. The number of methoxy groups -OCH3 is 1. The van der Waals surface area contributed by atoms with Crippen LogP contribution in [0.25, 0.3) is 10.8 Å². The van der Waals surface area contributed by atoms with Crippen LogP contribution in [0.2, 0.25) is 0 Å². The van der Waals surface area contributed by atoms with Gasteiger partial charge in [0.15, 0.2) is 12.4 Å². The Kier molecular flexibility index (Phi) is 14.6. The molecule has 0 fully saturated rings. The van der Waals surface area contributed by atoms with Gasteiger partial charge in [0.2, 0.25) is 0 Å². The number of phenolic OH excluding ortho intramolecular Hbond substituents is 2. The first kappa shape index (κ1) is 45.6. The highest BCUT2D eigenvalue weighted by molar-refractivity contribution is 6.21. The van der Waals surface area contributed by atoms with Crippen molar-refractivity contribution in [1.29, 1.82) is 0 Å². The smallest absolute Gasteiger partial charge is 0.312 e. The summed E-state index contributed by atoms with van der Waals surface area (Å²) in [6, 6.07) is 1.27. The van der Waals surface area contributed by atoms with E-state index in [0.29, 0.717) is 13.1 Å². The molecule has 5 rings (SSSR count). The molecule has 15 nitrogen and oxygen atoms in total. The molecule has 3 aliphatic rings. The number of hydrogen-bond acceptors (Lipinski definition) is 13. The van der Waals surface area contributed by atoms with Crippen LogP contribution in [0, 0.1) is 30.6 Å². The molecule has 0 spiro atoms. The summed E-state index contributed by atoms with van der Waals surface area (Å²) in [4.78, 5) is 54.9. The number of nitrogens with one attached hydrogen (secondary N) is 1. The average Bonchev–Trinajstić information content (AvgIpc) is 3.45. The third-order valence-corrected chi connectivity index (χ3v) is 11.3. The van der Waals surface area contributed by atoms with Crippen molar-refractivity contribution >= 4 is 40.0 Å². The molecule has 2 aromatic rings. The SMILES string of the molecule is CCN(CC)C(=O)COc1cc2c(O)c3c(O)c(C)c4c(c13)C(=O)[C@@](C)(O/C=C/[C@H](OC)[C@@H](C)[C@@H](OC(C)=O)[C@H](C)[C@H](O)[C@H](C)[C@@H](O)[C@@H](C)/C=C/C=C(\C)C(=O)N2)O4. The molecule has 15 heteroatoms. The molecule has 5 N–H and O–H groups in total. The van der Waals surface area contributed by atoms with Crippen LogP contribution in [0.4, 0.5) is 5.69 Å². The van der Waals surface area contributed by atoms with E-state index >= 15 is 0 Å². The number of amides is 2. The van der Waals surface area contributed by atoms with Crippen molar-refractivity contribution in [1.82, 2.24) is 4.90 Å². The topological polar surface area (TPSA) is 211 Å². The number of likely N-dealkylation sites (N-methyl/N-ethyl adjacent to an activating group) is 1. The number of ketones is 1. The third kappa shape index (κ3) is 9.11. The lowest BCUT2D eigenvalue weighted by Crippen LogP contribution is -2.46. The van der Waals surface area contributed by atoms with Gasteiger partial charge in [0.05, 0.1) is 41.2 Å². The van der Waals surface area contributed by atoms with Gasteiger partial charge in [-0.3, -0.25) is 19.2 Å². The van der Waals surface area contributed by atoms with Crippen molar-refractivity contribution in [2.45, 2.75) is 99.4 Å². The summed E-state index contributed by atoms with van der Waals surface area (Å²) in [5, 5.41) is 48.4. The lowest BCUT2D eigenvalue weighted by molar-refractivity contribution is -0.160. The minimum absolute atomic E-state index is 0.0574. The Morgan fingerprint density at radius 3 is 2.21 bits per heavy atom. The van der Waals surface area contributed by atoms with Crippen LogP contribution in [-0.4, -0.2) is 106 Å². The van der Waals surface area contributed by atoms with Crippen LogP contribution in [-0.2, 0) is 28.6 Å². The molecule has 0 saturated heterocycles. The Morgan fingerprint density at radius 1 is 0.948 bits per heavy atom. The first-order chi connectivity index (χ1) is 27.2. The van der Waals surface area contributed by atoms with Crippen LogP contribution in [0.5, 0.6) is 23.0 Å². The maximum atomic E-state index is 14.4. The number of phenols is 2. The van der Waals surface area contributed by atoms with E-state index in [9.17, 15) is 39.6 Å². The highest BCUT2D eigenvalue weighted by Gasteiger charge is 2.49. The van der Waals surface area contributed by atoms with Gasteiger partial charge in [-0.15, -0.1) is 0 Å². The molecular weight excluding hydrogens is 752 g/mol. The van der Waals surface area contributed by atoms with Crippen LogP contribution in [0.1, 0.15) is 78.2 Å². The maximum absolute atomic E-state index is 14.4. The summed E-state index contributed by atoms with van der Waals surface area (Å²) in [5.41, 5.74) is -0.00860. The number of allylic oxidation sites excluding steroid dienone is 2. The molecule has 318 valence electrons. The fourth-order valence-electron chi connectivity index (χ4n) is 7.56. The van der Waals surface area contributed by atoms with Gasteiger partial charge < -0.3 is 54.3 Å². The number of rotatable bonds is 7. The summed E-state index contributed by atoms with van der Waals surface area (Å²) in [5.74, 6) is -8.01. The molecule has 2 aromatic carbocycles. The second kappa shape index (κ2) is 18.6. The Labute approximate surface area is 339 Å². The van der Waals surface area contributed by atoms with Crippen LogP contribution < -0.4 is 14.8 Å². The fourth-order valence-corrected chi connectivity index (χ4v) is 7.56. The summed E-state index contributed by atoms with van der Waals surface area (Å²) in [6.45, 7) is 16.5. The average molecular weight is 811 g/mol. The molecule has 3 aliphatic heterocycles. The summed E-state index contributed by atoms with van der Waals surface area (Å²) < 4.78 is 29.7. The van der Waals surface area contributed by atoms with Gasteiger partial charge in [-0.2, -0.15) is 0 Å². The molecular formula is C43H58N2O13. The number of esters is 1. The Morgan fingerprint density at radius 2 is 1.60 bits per heavy atom. The van der Waals surface area contributed by atoms with Gasteiger partial charge in [-0.1, -0.05) is 45.9 Å². The van der Waals surface area contributed by atoms with Crippen molar-refractivity contribution in [3.63, 3.8) is 0 Å². The van der Waals surface area contributed by atoms with E-state index in [1.807, 2.05) is 13.8 Å². The Balaban J connectivity index is 1.94. The zero-order chi connectivity index (χ0) is 43.4. The number of carbonyl (C=O) groups excluding carboxylic acids is 4. The standard InChI is InChI=1S/C43H58N2O13/c1-12-45(13-2)31(47)20-55-30-19-28-38(51)33-32(30)34-40(26(8)37(33)50)58-43(10,41(34)52)56-18-17-29(54-11)23(5)39(57-27(9)46)25(7)36(49)24(6)35(48)21(3)15-14-16-22(4)42(53)44-28/h14-19,21,23-25,29,35-36,39,48-51H,12-13,20H2,1-11H3,(H,44,53)/b15-14+,18-17+,22-16+/t21-,23+,24+,25+,29-,35-,36+,39+,43-/m0/s1. The van der Waals surface area contributed by atoms with Gasteiger partial charge in [-0.25, -0.2) is 0 Å². The lowest BCUT2D eigenvalue weighted by Gasteiger charge is -2.38. The zero-order valence-corrected chi connectivity index (χ0v) is 35.1. The van der Waals surface area contributed by atoms with Crippen molar-refractivity contribution in [2.75, 3.05) is 32.1 Å². The van der Waals surface area contributed by atoms with Gasteiger partial charge >= 0.3 is 11.8 Å². The van der Waals surface area contributed by atoms with Gasteiger partial charge in [0.1, 0.15) is 23.4 Å². The quantitative estimate of drug-likeness (QED) is 0.178. The van der Waals surface area contributed by atoms with Gasteiger partial charge in [0.25, 0.3) is 17.6 Å². The zero-order valence-electron chi connectivity index (χ0n) is 35.1. The predicted octanol–water partition coefficient (Wildman–Crippen LogP) is 5.30. The highest BCUT2D eigenvalue weighted by Crippen LogP contribution is 2.54. The van der Waals surface area contributed by atoms with Gasteiger partial charge in [-0.05, 0) is 33.8 Å². The first-order valence-corrected chi connectivity index (χ1v) is 19.5. The fraction of sp³-hybridized carbons (Fsp3) is 0.535. The highest BCUT2D eigenvalue weighted by atomic mass is 16.7. The summed E-state index contributed by atoms with van der Waals surface area (Å²) >= 11 is 0. The minimum atomic E-state index is -2.02. The van der Waals surface area contributed by atoms with Crippen molar-refractivity contribution in [2.24, 2.45) is 23.7 Å². The number of hydrogen-bond donors (Lipinski definition) is 5. The number of fused-ring (bicyclic) bond motifs is 14. The minimum Gasteiger partial charge on any atom is -0.507 e. The largest absolute Gasteiger partial charge is 0.507 e. The first-order valence-electron chi connectivity index (χ1n) is 19.5. The van der Waals surface area contributed by atoms with Crippen LogP contribution >= 0.6 is 0 Å². The van der Waals surface area contributed by atoms with E-state index in [0.717, 1.165) is 0 Å². The lowest BCUT2D eigenvalue weighted by atomic mass is 9.78. The van der Waals surface area contributed by atoms with E-state index in [4.69, 9.17) is 23.7 Å². The van der Waals surface area contributed by atoms with Crippen LogP contribution in [0.3, 0.4) is 0 Å². The molecule has 58 heavy (non-hydrogen) atoms. The van der Waals surface area contributed by atoms with Gasteiger partial charge in [0, 0.05) is 80.3 Å². The Bertz CT molecular complexity index is 1990. The predicted molar refractivity (Wildman–Crippen MR) is 216 cm³/mol. The van der Waals surface area contributed by atoms with Crippen molar-refractivity contribution < 1.29 is 63.3 Å². The number of benzene rings is 2. The number of anilines is 1. The molecule has 5 bridgehead atoms. The van der Waals surface area contributed by atoms with Crippen molar-refractivity contribution in [3.8, 4) is 23.0 Å². The summed E-state index contributed by atoms with van der Waals surface area (Å²) in [6.07, 6.45) is 3.60.